The Morgan fingerprint density at radius 1 is 1.13 bits per heavy atom. The van der Waals surface area contributed by atoms with Gasteiger partial charge in [0.15, 0.2) is 5.82 Å². The molecule has 2 aromatic rings. The third-order valence-corrected chi connectivity index (χ3v) is 2.17. The van der Waals surface area contributed by atoms with Gasteiger partial charge in [-0.2, -0.15) is 5.26 Å². The molecule has 0 bridgehead atoms. The first-order chi connectivity index (χ1) is 7.31. The second kappa shape index (κ2) is 3.89. The van der Waals surface area contributed by atoms with E-state index in [1.54, 1.807) is 0 Å². The van der Waals surface area contributed by atoms with E-state index in [1.165, 1.54) is 12.4 Å². The summed E-state index contributed by atoms with van der Waals surface area (Å²) >= 11 is 0. The Kier molecular flexibility index (Phi) is 2.42. The molecule has 0 N–H and O–H groups in total. The van der Waals surface area contributed by atoms with Gasteiger partial charge in [0.1, 0.15) is 6.07 Å². The molecular formula is C12H9N3. The Morgan fingerprint density at radius 3 is 2.40 bits per heavy atom. The summed E-state index contributed by atoms with van der Waals surface area (Å²) in [6.45, 7) is 2.01. The van der Waals surface area contributed by atoms with Crippen LogP contribution in [0.1, 0.15) is 11.1 Å². The zero-order valence-corrected chi connectivity index (χ0v) is 8.31. The molecule has 0 aliphatic heterocycles. The number of nitriles is 1. The number of aromatic nitrogens is 2. The minimum atomic E-state index is 0.479. The average molecular weight is 195 g/mol. The Labute approximate surface area is 88.1 Å². The average Bonchev–Trinajstić information content (AvgIpc) is 2.30. The fourth-order valence-electron chi connectivity index (χ4n) is 1.35. The van der Waals surface area contributed by atoms with Crippen LogP contribution >= 0.6 is 0 Å². The van der Waals surface area contributed by atoms with E-state index in [4.69, 9.17) is 5.26 Å². The fraction of sp³-hybridized carbons (Fsp3) is 0.0833. The van der Waals surface area contributed by atoms with E-state index < -0.39 is 0 Å². The molecular weight excluding hydrogens is 186 g/mol. The lowest BCUT2D eigenvalue weighted by Crippen LogP contribution is -1.91. The number of aryl methyl sites for hydroxylation is 1. The van der Waals surface area contributed by atoms with E-state index >= 15 is 0 Å². The molecule has 0 saturated heterocycles. The monoisotopic (exact) mass is 195 g/mol. The second-order valence-electron chi connectivity index (χ2n) is 3.22. The van der Waals surface area contributed by atoms with Crippen molar-refractivity contribution in [3.8, 4) is 17.5 Å². The lowest BCUT2D eigenvalue weighted by Gasteiger charge is -2.02. The summed E-state index contributed by atoms with van der Waals surface area (Å²) < 4.78 is 0. The molecule has 0 fully saturated rings. The highest BCUT2D eigenvalue weighted by molar-refractivity contribution is 5.59. The molecule has 2 rings (SSSR count). The Morgan fingerprint density at radius 2 is 1.80 bits per heavy atom. The maximum absolute atomic E-state index is 8.62. The normalized spacial score (nSPS) is 9.60. The van der Waals surface area contributed by atoms with Gasteiger partial charge in [-0.15, -0.1) is 0 Å². The van der Waals surface area contributed by atoms with Crippen molar-refractivity contribution in [3.63, 3.8) is 0 Å². The third kappa shape index (κ3) is 1.84. The molecule has 0 spiro atoms. The predicted octanol–water partition coefficient (Wildman–Crippen LogP) is 2.32. The number of benzene rings is 1. The Hall–Kier alpha value is -2.21. The molecule has 0 saturated carbocycles. The number of rotatable bonds is 1. The van der Waals surface area contributed by atoms with Crippen LogP contribution < -0.4 is 0 Å². The molecule has 72 valence electrons. The van der Waals surface area contributed by atoms with Gasteiger partial charge in [-0.25, -0.2) is 9.97 Å². The van der Waals surface area contributed by atoms with Crippen LogP contribution in [0.2, 0.25) is 0 Å². The van der Waals surface area contributed by atoms with Crippen LogP contribution in [-0.2, 0) is 0 Å². The molecule has 3 heteroatoms. The first kappa shape index (κ1) is 9.35. The number of nitrogens with zero attached hydrogens (tertiary/aromatic N) is 3. The van der Waals surface area contributed by atoms with Crippen LogP contribution in [0, 0.1) is 18.3 Å². The van der Waals surface area contributed by atoms with Gasteiger partial charge >= 0.3 is 0 Å². The summed E-state index contributed by atoms with van der Waals surface area (Å²) in [6.07, 6.45) is 3.07. The van der Waals surface area contributed by atoms with Crippen molar-refractivity contribution in [2.75, 3.05) is 0 Å². The van der Waals surface area contributed by atoms with Crippen molar-refractivity contribution >= 4 is 0 Å². The molecule has 3 nitrogen and oxygen atoms in total. The second-order valence-corrected chi connectivity index (χ2v) is 3.22. The molecule has 0 atom stereocenters. The maximum atomic E-state index is 8.62. The zero-order valence-electron chi connectivity index (χ0n) is 8.31. The summed E-state index contributed by atoms with van der Waals surface area (Å²) in [4.78, 5) is 8.29. The van der Waals surface area contributed by atoms with Crippen LogP contribution in [0.25, 0.3) is 11.4 Å². The van der Waals surface area contributed by atoms with Gasteiger partial charge in [0.2, 0.25) is 0 Å². The van der Waals surface area contributed by atoms with Crippen molar-refractivity contribution < 1.29 is 0 Å². The van der Waals surface area contributed by atoms with Gasteiger partial charge in [0.05, 0.1) is 5.56 Å². The van der Waals surface area contributed by atoms with Crippen molar-refractivity contribution in [1.29, 1.82) is 5.26 Å². The first-order valence-corrected chi connectivity index (χ1v) is 4.59. The summed E-state index contributed by atoms with van der Waals surface area (Å²) in [7, 11) is 0. The van der Waals surface area contributed by atoms with Crippen LogP contribution in [0.15, 0.2) is 36.7 Å². The summed E-state index contributed by atoms with van der Waals surface area (Å²) in [6, 6.07) is 9.90. The summed E-state index contributed by atoms with van der Waals surface area (Å²) in [5, 5.41) is 8.62. The highest BCUT2D eigenvalue weighted by Crippen LogP contribution is 2.18. The molecule has 0 amide bonds. The highest BCUT2D eigenvalue weighted by Gasteiger charge is 2.03. The molecule has 1 aromatic heterocycles. The molecule has 1 aromatic carbocycles. The van der Waals surface area contributed by atoms with Crippen molar-refractivity contribution in [1.82, 2.24) is 9.97 Å². The van der Waals surface area contributed by atoms with Crippen molar-refractivity contribution in [2.45, 2.75) is 6.92 Å². The largest absolute Gasteiger partial charge is 0.235 e. The smallest absolute Gasteiger partial charge is 0.159 e. The minimum absolute atomic E-state index is 0.479. The third-order valence-electron chi connectivity index (χ3n) is 2.17. The van der Waals surface area contributed by atoms with Gasteiger partial charge in [-0.05, 0) is 12.5 Å². The van der Waals surface area contributed by atoms with Gasteiger partial charge in [0.25, 0.3) is 0 Å². The summed E-state index contributed by atoms with van der Waals surface area (Å²) in [5.74, 6) is 0.659. The van der Waals surface area contributed by atoms with Gasteiger partial charge in [-0.1, -0.05) is 24.3 Å². The van der Waals surface area contributed by atoms with E-state index in [-0.39, 0.29) is 0 Å². The SMILES string of the molecule is Cc1ccccc1-c1ncc(C#N)cn1. The molecule has 1 heterocycles. The van der Waals surface area contributed by atoms with Gasteiger partial charge in [-0.3, -0.25) is 0 Å². The van der Waals surface area contributed by atoms with Crippen molar-refractivity contribution in [2.24, 2.45) is 0 Å². The lowest BCUT2D eigenvalue weighted by atomic mass is 10.1. The topological polar surface area (TPSA) is 49.6 Å². The molecule has 15 heavy (non-hydrogen) atoms. The van der Waals surface area contributed by atoms with E-state index in [9.17, 15) is 0 Å². The first-order valence-electron chi connectivity index (χ1n) is 4.59. The van der Waals surface area contributed by atoms with Gasteiger partial charge < -0.3 is 0 Å². The molecule has 0 aliphatic rings. The van der Waals surface area contributed by atoms with Crippen LogP contribution in [0.5, 0.6) is 0 Å². The maximum Gasteiger partial charge on any atom is 0.159 e. The van der Waals surface area contributed by atoms with E-state index in [2.05, 4.69) is 9.97 Å². The summed E-state index contributed by atoms with van der Waals surface area (Å²) in [5.41, 5.74) is 2.61. The van der Waals surface area contributed by atoms with Crippen molar-refractivity contribution in [3.05, 3.63) is 47.8 Å². The highest BCUT2D eigenvalue weighted by atomic mass is 14.9. The van der Waals surface area contributed by atoms with Crippen LogP contribution in [0.3, 0.4) is 0 Å². The van der Waals surface area contributed by atoms with Crippen LogP contribution in [-0.4, -0.2) is 9.97 Å². The Bertz CT molecular complexity index is 509. The number of hydrogen-bond acceptors (Lipinski definition) is 3. The predicted molar refractivity (Wildman–Crippen MR) is 56.9 cm³/mol. The zero-order chi connectivity index (χ0) is 10.7. The van der Waals surface area contributed by atoms with Crippen LogP contribution in [0.4, 0.5) is 0 Å². The Balaban J connectivity index is 2.47. The molecule has 0 aliphatic carbocycles. The number of hydrogen-bond donors (Lipinski definition) is 0. The quantitative estimate of drug-likeness (QED) is 0.701. The lowest BCUT2D eigenvalue weighted by molar-refractivity contribution is 1.15. The molecule has 0 radical (unpaired) electrons. The standard InChI is InChI=1S/C12H9N3/c1-9-4-2-3-5-11(9)12-14-7-10(6-13)8-15-12/h2-5,7-8H,1H3. The van der Waals surface area contributed by atoms with Gasteiger partial charge in [0, 0.05) is 18.0 Å². The van der Waals surface area contributed by atoms with E-state index in [0.29, 0.717) is 11.4 Å². The van der Waals surface area contributed by atoms with E-state index in [0.717, 1.165) is 11.1 Å². The van der Waals surface area contributed by atoms with E-state index in [1.807, 2.05) is 37.3 Å². The molecule has 0 unspecified atom stereocenters. The fourth-order valence-corrected chi connectivity index (χ4v) is 1.35. The minimum Gasteiger partial charge on any atom is -0.235 e.